The summed E-state index contributed by atoms with van der Waals surface area (Å²) in [6, 6.07) is 18.0. The molecule has 0 unspecified atom stereocenters. The summed E-state index contributed by atoms with van der Waals surface area (Å²) in [5.74, 6) is 3.22. The van der Waals surface area contributed by atoms with Crippen LogP contribution >= 0.6 is 11.3 Å². The molecule has 0 bridgehead atoms. The van der Waals surface area contributed by atoms with E-state index in [-0.39, 0.29) is 12.1 Å². The topological polar surface area (TPSA) is 34.9 Å². The highest BCUT2D eigenvalue weighted by atomic mass is 32.1. The molecule has 132 valence electrons. The average molecular weight is 370 g/mol. The van der Waals surface area contributed by atoms with Crippen molar-refractivity contribution in [3.63, 3.8) is 0 Å². The van der Waals surface area contributed by atoms with E-state index in [2.05, 4.69) is 5.92 Å². The van der Waals surface area contributed by atoms with E-state index in [0.717, 1.165) is 32.0 Å². The molecule has 0 aliphatic heterocycles. The second kappa shape index (κ2) is 6.86. The second-order valence-corrected chi connectivity index (χ2v) is 7.68. The van der Waals surface area contributed by atoms with Crippen LogP contribution in [-0.2, 0) is 6.54 Å². The highest BCUT2D eigenvalue weighted by Gasteiger charge is 2.20. The van der Waals surface area contributed by atoms with Crippen molar-refractivity contribution in [2.45, 2.75) is 20.4 Å². The Morgan fingerprint density at radius 3 is 2.41 bits per heavy atom. The molecule has 3 nitrogen and oxygen atoms in total. The summed E-state index contributed by atoms with van der Waals surface area (Å²) in [6.07, 6.45) is 5.56. The molecule has 4 heteroatoms. The molecule has 0 N–H and O–H groups in total. The minimum atomic E-state index is -0.0864. The standard InChI is InChI=1S/C23H18N2OS/c1-4-14-25-21(18-12-10-15(2)11-13-18)24-22-20(23(25)26)19(16(3)27-22)17-8-6-5-7-9-17/h1,5-13H,14H2,2-3H3. The van der Waals surface area contributed by atoms with Crippen LogP contribution in [-0.4, -0.2) is 9.55 Å². The van der Waals surface area contributed by atoms with Crippen LogP contribution in [0.15, 0.2) is 59.4 Å². The normalized spacial score (nSPS) is 10.9. The molecule has 27 heavy (non-hydrogen) atoms. The molecular formula is C23H18N2OS. The molecule has 0 atom stereocenters. The number of terminal acetylenes is 1. The van der Waals surface area contributed by atoms with Crippen molar-refractivity contribution in [1.82, 2.24) is 9.55 Å². The lowest BCUT2D eigenvalue weighted by Crippen LogP contribution is -2.23. The fraction of sp³-hybridized carbons (Fsp3) is 0.130. The SMILES string of the molecule is C#CCn1c(-c2ccc(C)cc2)nc2sc(C)c(-c3ccccc3)c2c1=O. The van der Waals surface area contributed by atoms with Gasteiger partial charge in [-0.2, -0.15) is 0 Å². The average Bonchev–Trinajstić information content (AvgIpc) is 3.01. The van der Waals surface area contributed by atoms with Gasteiger partial charge in [-0.25, -0.2) is 4.98 Å². The molecule has 0 aliphatic carbocycles. The third kappa shape index (κ3) is 2.97. The summed E-state index contributed by atoms with van der Waals surface area (Å²) in [5.41, 5.74) is 3.94. The van der Waals surface area contributed by atoms with Crippen molar-refractivity contribution >= 4 is 21.6 Å². The van der Waals surface area contributed by atoms with Crippen molar-refractivity contribution in [1.29, 1.82) is 0 Å². The van der Waals surface area contributed by atoms with Crippen LogP contribution in [0.5, 0.6) is 0 Å². The van der Waals surface area contributed by atoms with Gasteiger partial charge in [0.25, 0.3) is 5.56 Å². The largest absolute Gasteiger partial charge is 0.280 e. The summed E-state index contributed by atoms with van der Waals surface area (Å²) in [7, 11) is 0. The molecular weight excluding hydrogens is 352 g/mol. The fourth-order valence-corrected chi connectivity index (χ4v) is 4.34. The van der Waals surface area contributed by atoms with Crippen molar-refractivity contribution in [3.05, 3.63) is 75.4 Å². The minimum absolute atomic E-state index is 0.0864. The van der Waals surface area contributed by atoms with Crippen molar-refractivity contribution in [3.8, 4) is 34.9 Å². The molecule has 2 aromatic heterocycles. The highest BCUT2D eigenvalue weighted by molar-refractivity contribution is 7.19. The summed E-state index contributed by atoms with van der Waals surface area (Å²) < 4.78 is 1.60. The van der Waals surface area contributed by atoms with Crippen LogP contribution < -0.4 is 5.56 Å². The maximum Gasteiger partial charge on any atom is 0.264 e. The Labute approximate surface area is 162 Å². The number of aromatic nitrogens is 2. The van der Waals surface area contributed by atoms with Crippen molar-refractivity contribution < 1.29 is 0 Å². The van der Waals surface area contributed by atoms with Gasteiger partial charge in [0.2, 0.25) is 0 Å². The number of fused-ring (bicyclic) bond motifs is 1. The van der Waals surface area contributed by atoms with E-state index in [9.17, 15) is 4.79 Å². The molecule has 4 aromatic rings. The molecule has 4 rings (SSSR count). The summed E-state index contributed by atoms with van der Waals surface area (Å²) >= 11 is 1.55. The number of hydrogen-bond acceptors (Lipinski definition) is 3. The van der Waals surface area contributed by atoms with Gasteiger partial charge in [-0.1, -0.05) is 66.1 Å². The Morgan fingerprint density at radius 2 is 1.74 bits per heavy atom. The number of aryl methyl sites for hydroxylation is 2. The Bertz CT molecular complexity index is 1230. The third-order valence-electron chi connectivity index (χ3n) is 4.61. The molecule has 0 radical (unpaired) electrons. The van der Waals surface area contributed by atoms with Gasteiger partial charge in [0.1, 0.15) is 10.7 Å². The molecule has 0 saturated carbocycles. The number of hydrogen-bond donors (Lipinski definition) is 0. The predicted molar refractivity (Wildman–Crippen MR) is 113 cm³/mol. The van der Waals surface area contributed by atoms with E-state index in [4.69, 9.17) is 11.4 Å². The van der Waals surface area contributed by atoms with Gasteiger partial charge >= 0.3 is 0 Å². The van der Waals surface area contributed by atoms with E-state index in [1.807, 2.05) is 68.4 Å². The molecule has 0 fully saturated rings. The van der Waals surface area contributed by atoms with Crippen LogP contribution in [0, 0.1) is 26.2 Å². The third-order valence-corrected chi connectivity index (χ3v) is 5.61. The zero-order valence-corrected chi connectivity index (χ0v) is 16.0. The van der Waals surface area contributed by atoms with Gasteiger partial charge in [-0.15, -0.1) is 17.8 Å². The number of benzene rings is 2. The lowest BCUT2D eigenvalue weighted by molar-refractivity contribution is 0.796. The Morgan fingerprint density at radius 1 is 1.04 bits per heavy atom. The maximum atomic E-state index is 13.4. The summed E-state index contributed by atoms with van der Waals surface area (Å²) in [5, 5.41) is 0.648. The molecule has 0 saturated heterocycles. The van der Waals surface area contributed by atoms with Crippen molar-refractivity contribution in [2.75, 3.05) is 0 Å². The van der Waals surface area contributed by atoms with Crippen molar-refractivity contribution in [2.24, 2.45) is 0 Å². The monoisotopic (exact) mass is 370 g/mol. The van der Waals surface area contributed by atoms with Gasteiger partial charge < -0.3 is 0 Å². The molecule has 0 spiro atoms. The number of rotatable bonds is 3. The van der Waals surface area contributed by atoms with Crippen LogP contribution in [0.25, 0.3) is 32.7 Å². The minimum Gasteiger partial charge on any atom is -0.280 e. The Kier molecular flexibility index (Phi) is 4.39. The van der Waals surface area contributed by atoms with Gasteiger partial charge in [0.15, 0.2) is 0 Å². The first-order valence-corrected chi connectivity index (χ1v) is 9.51. The van der Waals surface area contributed by atoms with Crippen LogP contribution in [0.1, 0.15) is 10.4 Å². The van der Waals surface area contributed by atoms with E-state index < -0.39 is 0 Å². The first kappa shape index (κ1) is 17.3. The first-order chi connectivity index (χ1) is 13.1. The van der Waals surface area contributed by atoms with E-state index in [0.29, 0.717) is 11.2 Å². The first-order valence-electron chi connectivity index (χ1n) is 8.70. The zero-order chi connectivity index (χ0) is 19.0. The van der Waals surface area contributed by atoms with Crippen LogP contribution in [0.3, 0.4) is 0 Å². The van der Waals surface area contributed by atoms with E-state index >= 15 is 0 Å². The molecule has 2 heterocycles. The van der Waals surface area contributed by atoms with E-state index in [1.165, 1.54) is 0 Å². The van der Waals surface area contributed by atoms with E-state index in [1.54, 1.807) is 15.9 Å². The Balaban J connectivity index is 2.06. The summed E-state index contributed by atoms with van der Waals surface area (Å²) in [4.78, 5) is 20.1. The molecule has 0 amide bonds. The molecule has 2 aromatic carbocycles. The predicted octanol–water partition coefficient (Wildman–Crippen LogP) is 5.04. The fourth-order valence-electron chi connectivity index (χ4n) is 3.31. The number of thiophene rings is 1. The maximum absolute atomic E-state index is 13.4. The second-order valence-electron chi connectivity index (χ2n) is 6.48. The van der Waals surface area contributed by atoms with Gasteiger partial charge in [-0.05, 0) is 19.4 Å². The van der Waals surface area contributed by atoms with Gasteiger partial charge in [0.05, 0.1) is 11.9 Å². The lowest BCUT2D eigenvalue weighted by atomic mass is 10.0. The highest BCUT2D eigenvalue weighted by Crippen LogP contribution is 2.36. The smallest absolute Gasteiger partial charge is 0.264 e. The van der Waals surface area contributed by atoms with Crippen LogP contribution in [0.2, 0.25) is 0 Å². The van der Waals surface area contributed by atoms with Crippen LogP contribution in [0.4, 0.5) is 0 Å². The molecule has 0 aliphatic rings. The Hall–Kier alpha value is -3.16. The summed E-state index contributed by atoms with van der Waals surface area (Å²) in [6.45, 7) is 4.25. The quantitative estimate of drug-likeness (QED) is 0.474. The zero-order valence-electron chi connectivity index (χ0n) is 15.2. The lowest BCUT2D eigenvalue weighted by Gasteiger charge is -2.11. The van der Waals surface area contributed by atoms with Gasteiger partial charge in [0, 0.05) is 16.0 Å². The number of nitrogens with zero attached hydrogens (tertiary/aromatic N) is 2. The van der Waals surface area contributed by atoms with Gasteiger partial charge in [-0.3, -0.25) is 9.36 Å².